The molecule has 6 heteroatoms. The molecule has 0 fully saturated rings. The summed E-state index contributed by atoms with van der Waals surface area (Å²) in [5, 5.41) is 0. The summed E-state index contributed by atoms with van der Waals surface area (Å²) in [6.07, 6.45) is 10.9. The second-order valence-electron chi connectivity index (χ2n) is 6.20. The van der Waals surface area contributed by atoms with E-state index in [1.54, 1.807) is 19.2 Å². The van der Waals surface area contributed by atoms with Crippen molar-refractivity contribution < 1.29 is 19.1 Å². The molecule has 0 spiro atoms. The van der Waals surface area contributed by atoms with E-state index in [-0.39, 0.29) is 11.9 Å². The van der Waals surface area contributed by atoms with Gasteiger partial charge in [-0.15, -0.1) is 0 Å². The molecule has 0 radical (unpaired) electrons. The second-order valence-corrected chi connectivity index (χ2v) is 6.20. The Morgan fingerprint density at radius 2 is 1.36 bits per heavy atom. The van der Waals surface area contributed by atoms with Gasteiger partial charge in [0.05, 0.1) is 13.2 Å². The molecule has 0 aliphatic heterocycles. The lowest BCUT2D eigenvalue weighted by molar-refractivity contribution is -0.139. The van der Waals surface area contributed by atoms with Crippen LogP contribution in [0.2, 0.25) is 0 Å². The first kappa shape index (κ1) is 23.2. The van der Waals surface area contributed by atoms with Crippen molar-refractivity contribution >= 4 is 11.9 Å². The van der Waals surface area contributed by atoms with E-state index in [1.807, 2.05) is 26.0 Å². The number of hydrogen-bond acceptors (Lipinski definition) is 6. The van der Waals surface area contributed by atoms with Crippen molar-refractivity contribution in [1.82, 2.24) is 9.80 Å². The highest BCUT2D eigenvalue weighted by Crippen LogP contribution is 2.01. The van der Waals surface area contributed by atoms with Crippen molar-refractivity contribution in [2.75, 3.05) is 47.4 Å². The van der Waals surface area contributed by atoms with Crippen molar-refractivity contribution in [2.45, 2.75) is 39.0 Å². The van der Waals surface area contributed by atoms with E-state index >= 15 is 0 Å². The molecule has 0 saturated heterocycles. The molecule has 0 atom stereocenters. The van der Waals surface area contributed by atoms with Crippen LogP contribution in [-0.4, -0.2) is 69.2 Å². The molecule has 0 N–H and O–H groups in total. The van der Waals surface area contributed by atoms with E-state index in [2.05, 4.69) is 4.90 Å². The summed E-state index contributed by atoms with van der Waals surface area (Å²) in [4.78, 5) is 26.8. The maximum Gasteiger partial charge on any atom is 0.332 e. The van der Waals surface area contributed by atoms with Crippen LogP contribution in [-0.2, 0) is 19.1 Å². The SMILES string of the molecule is C/C=C/C(=O)OCCCCCCOC(=O)/C=C/N(C)CCCN(C)C. The van der Waals surface area contributed by atoms with Crippen LogP contribution in [0.5, 0.6) is 0 Å². The summed E-state index contributed by atoms with van der Waals surface area (Å²) < 4.78 is 10.2. The van der Waals surface area contributed by atoms with Gasteiger partial charge in [0.25, 0.3) is 0 Å². The Labute approximate surface area is 152 Å². The highest BCUT2D eigenvalue weighted by Gasteiger charge is 2.00. The van der Waals surface area contributed by atoms with E-state index < -0.39 is 0 Å². The van der Waals surface area contributed by atoms with Crippen molar-refractivity contribution in [3.63, 3.8) is 0 Å². The predicted octanol–water partition coefficient (Wildman–Crippen LogP) is 2.61. The molecule has 0 rings (SSSR count). The number of unbranched alkanes of at least 4 members (excludes halogenated alkanes) is 3. The average Bonchev–Trinajstić information content (AvgIpc) is 2.55. The summed E-state index contributed by atoms with van der Waals surface area (Å²) in [5.41, 5.74) is 0. The van der Waals surface area contributed by atoms with Crippen LogP contribution >= 0.6 is 0 Å². The molecule has 0 saturated carbocycles. The average molecular weight is 354 g/mol. The molecule has 0 aliphatic carbocycles. The lowest BCUT2D eigenvalue weighted by Gasteiger charge is -2.15. The van der Waals surface area contributed by atoms with E-state index in [0.29, 0.717) is 13.2 Å². The molecule has 0 aromatic heterocycles. The molecular weight excluding hydrogens is 320 g/mol. The molecular formula is C19H34N2O4. The number of ether oxygens (including phenoxy) is 2. The Bertz CT molecular complexity index is 420. The number of rotatable bonds is 14. The lowest BCUT2D eigenvalue weighted by Crippen LogP contribution is -2.20. The van der Waals surface area contributed by atoms with Gasteiger partial charge in [0.1, 0.15) is 0 Å². The molecule has 25 heavy (non-hydrogen) atoms. The largest absolute Gasteiger partial charge is 0.463 e. The van der Waals surface area contributed by atoms with Gasteiger partial charge in [-0.2, -0.15) is 0 Å². The van der Waals surface area contributed by atoms with Crippen molar-refractivity contribution in [2.24, 2.45) is 0 Å². The van der Waals surface area contributed by atoms with Crippen LogP contribution in [0.15, 0.2) is 24.4 Å². The predicted molar refractivity (Wildman–Crippen MR) is 100 cm³/mol. The standard InChI is InChI=1S/C19H34N2O4/c1-5-11-18(22)24-16-8-6-7-9-17-25-19(23)12-15-21(4)14-10-13-20(2)3/h5,11-12,15H,6-10,13-14,16-17H2,1-4H3/b11-5+,15-12+. The Morgan fingerprint density at radius 3 is 1.88 bits per heavy atom. The maximum atomic E-state index is 11.6. The first-order valence-electron chi connectivity index (χ1n) is 8.95. The molecule has 0 aliphatic rings. The normalized spacial score (nSPS) is 11.4. The fourth-order valence-electron chi connectivity index (χ4n) is 2.03. The molecule has 0 bridgehead atoms. The molecule has 0 aromatic rings. The third kappa shape index (κ3) is 16.8. The van der Waals surface area contributed by atoms with Crippen LogP contribution in [0.3, 0.4) is 0 Å². The summed E-state index contributed by atoms with van der Waals surface area (Å²) in [7, 11) is 6.04. The van der Waals surface area contributed by atoms with Gasteiger partial charge in [0.15, 0.2) is 0 Å². The second kappa shape index (κ2) is 15.7. The smallest absolute Gasteiger partial charge is 0.332 e. The van der Waals surface area contributed by atoms with Gasteiger partial charge >= 0.3 is 11.9 Å². The number of carbonyl (C=O) groups excluding carboxylic acids is 2. The van der Waals surface area contributed by atoms with Gasteiger partial charge < -0.3 is 19.3 Å². The van der Waals surface area contributed by atoms with E-state index in [1.165, 1.54) is 12.2 Å². The zero-order chi connectivity index (χ0) is 18.9. The van der Waals surface area contributed by atoms with Gasteiger partial charge in [-0.05, 0) is 59.7 Å². The maximum absolute atomic E-state index is 11.6. The van der Waals surface area contributed by atoms with Crippen LogP contribution in [0, 0.1) is 0 Å². The van der Waals surface area contributed by atoms with Crippen LogP contribution in [0.4, 0.5) is 0 Å². The monoisotopic (exact) mass is 354 g/mol. The third-order valence-corrected chi connectivity index (χ3v) is 3.41. The molecule has 6 nitrogen and oxygen atoms in total. The Kier molecular flexibility index (Phi) is 14.6. The number of nitrogens with zero attached hydrogens (tertiary/aromatic N) is 2. The third-order valence-electron chi connectivity index (χ3n) is 3.41. The Balaban J connectivity index is 3.54. The number of allylic oxidation sites excluding steroid dienone is 1. The molecule has 0 unspecified atom stereocenters. The minimum absolute atomic E-state index is 0.296. The summed E-state index contributed by atoms with van der Waals surface area (Å²) in [6.45, 7) is 4.57. The lowest BCUT2D eigenvalue weighted by atomic mass is 10.2. The van der Waals surface area contributed by atoms with E-state index in [9.17, 15) is 9.59 Å². The molecule has 0 aromatic carbocycles. The number of carbonyl (C=O) groups is 2. The van der Waals surface area contributed by atoms with Gasteiger partial charge in [0.2, 0.25) is 0 Å². The quantitative estimate of drug-likeness (QED) is 0.271. The van der Waals surface area contributed by atoms with Crippen LogP contribution < -0.4 is 0 Å². The highest BCUT2D eigenvalue weighted by atomic mass is 16.5. The topological polar surface area (TPSA) is 59.1 Å². The zero-order valence-corrected chi connectivity index (χ0v) is 16.2. The fraction of sp³-hybridized carbons (Fsp3) is 0.684. The minimum atomic E-state index is -0.306. The fourth-order valence-corrected chi connectivity index (χ4v) is 2.03. The van der Waals surface area contributed by atoms with Crippen molar-refractivity contribution in [3.05, 3.63) is 24.4 Å². The minimum Gasteiger partial charge on any atom is -0.463 e. The molecule has 0 heterocycles. The summed E-state index contributed by atoms with van der Waals surface area (Å²) in [5.74, 6) is -0.602. The summed E-state index contributed by atoms with van der Waals surface area (Å²) in [6, 6.07) is 0. The van der Waals surface area contributed by atoms with Crippen LogP contribution in [0.1, 0.15) is 39.0 Å². The van der Waals surface area contributed by atoms with Gasteiger partial charge in [0, 0.05) is 31.9 Å². The first-order valence-corrected chi connectivity index (χ1v) is 8.95. The van der Waals surface area contributed by atoms with E-state index in [4.69, 9.17) is 9.47 Å². The zero-order valence-electron chi connectivity index (χ0n) is 16.2. The number of hydrogen-bond donors (Lipinski definition) is 0. The Morgan fingerprint density at radius 1 is 0.800 bits per heavy atom. The first-order chi connectivity index (χ1) is 12.0. The van der Waals surface area contributed by atoms with Crippen molar-refractivity contribution in [1.29, 1.82) is 0 Å². The van der Waals surface area contributed by atoms with E-state index in [0.717, 1.165) is 45.2 Å². The van der Waals surface area contributed by atoms with Crippen molar-refractivity contribution in [3.8, 4) is 0 Å². The molecule has 144 valence electrons. The highest BCUT2D eigenvalue weighted by molar-refractivity contribution is 5.82. The molecule has 0 amide bonds. The van der Waals surface area contributed by atoms with Gasteiger partial charge in [-0.1, -0.05) is 6.08 Å². The summed E-state index contributed by atoms with van der Waals surface area (Å²) >= 11 is 0. The number of esters is 2. The van der Waals surface area contributed by atoms with Crippen LogP contribution in [0.25, 0.3) is 0 Å². The van der Waals surface area contributed by atoms with Gasteiger partial charge in [-0.25, -0.2) is 9.59 Å². The van der Waals surface area contributed by atoms with Gasteiger partial charge in [-0.3, -0.25) is 0 Å². The Hall–Kier alpha value is -1.82.